The summed E-state index contributed by atoms with van der Waals surface area (Å²) in [7, 11) is -5.49. The highest BCUT2D eigenvalue weighted by atomic mass is 31.2. The summed E-state index contributed by atoms with van der Waals surface area (Å²) < 4.78 is 73.3. The largest absolute Gasteiger partial charge is 0.472 e. The Bertz CT molecular complexity index is 1070. The minimum atomic E-state index is -5.49. The van der Waals surface area contributed by atoms with Gasteiger partial charge in [-0.2, -0.15) is 0 Å². The van der Waals surface area contributed by atoms with Gasteiger partial charge in [-0.3, -0.25) is 18.6 Å². The average Bonchev–Trinajstić information content (AvgIpc) is 3.11. The molecule has 0 saturated carbocycles. The van der Waals surface area contributed by atoms with E-state index in [1.165, 1.54) is 77.0 Å². The molecule has 3 N–H and O–H groups in total. The number of esters is 2. The van der Waals surface area contributed by atoms with Gasteiger partial charge in [-0.05, 0) is 38.5 Å². The molecule has 0 amide bonds. The Morgan fingerprint density at radius 1 is 0.660 bits per heavy atom. The molecule has 0 heterocycles. The highest BCUT2D eigenvalue weighted by molar-refractivity contribution is 7.47. The third-order valence-corrected chi connectivity index (χ3v) is 9.04. The minimum Gasteiger partial charge on any atom is -0.462 e. The van der Waals surface area contributed by atoms with Crippen LogP contribution in [0.4, 0.5) is 0 Å². The van der Waals surface area contributed by atoms with Crippen LogP contribution < -0.4 is 0 Å². The number of hydrogen-bond donors (Lipinski definition) is 3. The fraction of sp³-hybridized carbons (Fsp3) is 0.897. The quantitative estimate of drug-likeness (QED) is 0.0242. The maximum absolute atomic E-state index is 12.9. The van der Waals surface area contributed by atoms with Crippen molar-refractivity contribution in [1.29, 1.82) is 0 Å². The van der Waals surface area contributed by atoms with E-state index in [0.717, 1.165) is 57.8 Å². The first kappa shape index (κ1) is 39.9. The standard InChI is InChI=1S/C39H75O10P/c1-3-5-7-9-11-13-15-17-19-20-22-24-26-28-30-38(42)46-34-37(35-48-50(44,45)47-33-36(41)32-40)49-39(43)31-29-27-25-23-21-18-16-14-12-10-8-6-4-2/h14,16,36-37,40-41H,3-13,15,17-35H2,1-2H3,(H,44,45)/b16-14-/t36?,37-/m1/s1/i34D2,35D2,37D. The van der Waals surface area contributed by atoms with Crippen LogP contribution >= 0.6 is 7.82 Å². The van der Waals surface area contributed by atoms with Crippen molar-refractivity contribution in [3.63, 3.8) is 0 Å². The first-order chi connectivity index (χ1) is 26.1. The maximum atomic E-state index is 12.9. The van der Waals surface area contributed by atoms with E-state index in [1.54, 1.807) is 0 Å². The molecule has 0 aromatic rings. The van der Waals surface area contributed by atoms with E-state index in [-0.39, 0.29) is 19.3 Å². The summed E-state index contributed by atoms with van der Waals surface area (Å²) in [4.78, 5) is 35.7. The summed E-state index contributed by atoms with van der Waals surface area (Å²) in [6.45, 7) is -5.04. The van der Waals surface area contributed by atoms with Crippen LogP contribution in [0.25, 0.3) is 0 Å². The van der Waals surface area contributed by atoms with Crippen molar-refractivity contribution in [2.24, 2.45) is 0 Å². The van der Waals surface area contributed by atoms with Crippen LogP contribution in [0, 0.1) is 0 Å². The maximum Gasteiger partial charge on any atom is 0.472 e. The van der Waals surface area contributed by atoms with Gasteiger partial charge in [0.2, 0.25) is 0 Å². The number of allylic oxidation sites excluding steroid dienone is 2. The van der Waals surface area contributed by atoms with E-state index in [1.807, 2.05) is 0 Å². The zero-order valence-corrected chi connectivity index (χ0v) is 32.3. The van der Waals surface area contributed by atoms with Gasteiger partial charge < -0.3 is 24.6 Å². The molecule has 0 fully saturated rings. The molecule has 11 heteroatoms. The van der Waals surface area contributed by atoms with E-state index in [9.17, 15) is 24.2 Å². The van der Waals surface area contributed by atoms with Crippen LogP contribution in [0.2, 0.25) is 0 Å². The summed E-state index contributed by atoms with van der Waals surface area (Å²) in [5, 5.41) is 18.4. The number of unbranched alkanes of at least 4 members (excludes halogenated alkanes) is 22. The number of ether oxygens (including phenoxy) is 2. The lowest BCUT2D eigenvalue weighted by Crippen LogP contribution is -2.29. The molecule has 0 aromatic carbocycles. The van der Waals surface area contributed by atoms with E-state index in [4.69, 9.17) is 21.4 Å². The molecular formula is C39H75O10P. The number of aliphatic hydroxyl groups excluding tert-OH is 2. The van der Waals surface area contributed by atoms with Crippen LogP contribution in [0.15, 0.2) is 12.2 Å². The topological polar surface area (TPSA) is 149 Å². The highest BCUT2D eigenvalue weighted by Crippen LogP contribution is 2.43. The summed E-state index contributed by atoms with van der Waals surface area (Å²) in [5.74, 6) is -2.32. The van der Waals surface area contributed by atoms with E-state index in [0.29, 0.717) is 19.3 Å². The monoisotopic (exact) mass is 740 g/mol. The molecule has 0 spiro atoms. The molecule has 0 aliphatic carbocycles. The predicted octanol–water partition coefficient (Wildman–Crippen LogP) is 10.1. The van der Waals surface area contributed by atoms with Gasteiger partial charge in [-0.25, -0.2) is 4.57 Å². The van der Waals surface area contributed by atoms with E-state index in [2.05, 4.69) is 35.0 Å². The SMILES string of the molecule is [2H]C([2H])(OC(=O)CCCCCCCCCCCCCCCC)[C@@]([2H])(OC(=O)CCCCCCC/C=C\CCCCCC)C([2H])([2H])OP(=O)(O)OCC(O)CO. The number of phosphoric acid groups is 1. The first-order valence-corrected chi connectivity index (χ1v) is 21.1. The minimum absolute atomic E-state index is 0.249. The third-order valence-electron chi connectivity index (χ3n) is 8.25. The van der Waals surface area contributed by atoms with Crippen LogP contribution in [0.3, 0.4) is 0 Å². The Balaban J connectivity index is 5.09. The fourth-order valence-electron chi connectivity index (χ4n) is 5.19. The van der Waals surface area contributed by atoms with Crippen molar-refractivity contribution < 1.29 is 54.6 Å². The lowest BCUT2D eigenvalue weighted by molar-refractivity contribution is -0.161. The smallest absolute Gasteiger partial charge is 0.462 e. The lowest BCUT2D eigenvalue weighted by atomic mass is 10.0. The van der Waals surface area contributed by atoms with Crippen LogP contribution in [0.1, 0.15) is 194 Å². The van der Waals surface area contributed by atoms with Crippen LogP contribution in [-0.2, 0) is 32.7 Å². The van der Waals surface area contributed by atoms with Gasteiger partial charge in [0.25, 0.3) is 0 Å². The molecule has 0 rings (SSSR count). The second-order valence-corrected chi connectivity index (χ2v) is 14.5. The zero-order chi connectivity index (χ0) is 41.5. The van der Waals surface area contributed by atoms with Gasteiger partial charge in [0.1, 0.15) is 12.7 Å². The molecule has 296 valence electrons. The molecule has 0 aliphatic heterocycles. The van der Waals surface area contributed by atoms with Crippen molar-refractivity contribution in [1.82, 2.24) is 0 Å². The molecule has 0 saturated heterocycles. The second-order valence-electron chi connectivity index (χ2n) is 13.1. The van der Waals surface area contributed by atoms with Gasteiger partial charge in [0, 0.05) is 12.8 Å². The Morgan fingerprint density at radius 2 is 1.08 bits per heavy atom. The van der Waals surface area contributed by atoms with Crippen molar-refractivity contribution in [2.75, 3.05) is 26.3 Å². The summed E-state index contributed by atoms with van der Waals surface area (Å²) in [5.41, 5.74) is 0. The molecule has 10 nitrogen and oxygen atoms in total. The Kier molecular flexibility index (Phi) is 28.8. The predicted molar refractivity (Wildman–Crippen MR) is 201 cm³/mol. The normalized spacial score (nSPS) is 16.8. The van der Waals surface area contributed by atoms with E-state index < -0.39 is 58.3 Å². The van der Waals surface area contributed by atoms with Gasteiger partial charge in [-0.15, -0.1) is 0 Å². The lowest BCUT2D eigenvalue weighted by Gasteiger charge is -2.20. The van der Waals surface area contributed by atoms with Crippen molar-refractivity contribution in [2.45, 2.75) is 199 Å². The third kappa shape index (κ3) is 35.1. The molecule has 0 radical (unpaired) electrons. The van der Waals surface area contributed by atoms with Gasteiger partial charge >= 0.3 is 19.8 Å². The van der Waals surface area contributed by atoms with Gasteiger partial charge in [0.15, 0.2) is 6.08 Å². The molecule has 50 heavy (non-hydrogen) atoms. The molecule has 3 atom stereocenters. The number of phosphoric ester groups is 1. The number of carbonyl (C=O) groups is 2. The number of aliphatic hydroxyl groups is 2. The number of rotatable bonds is 38. The van der Waals surface area contributed by atoms with Crippen LogP contribution in [0.5, 0.6) is 0 Å². The van der Waals surface area contributed by atoms with Gasteiger partial charge in [0.05, 0.1) is 26.6 Å². The zero-order valence-electron chi connectivity index (χ0n) is 36.4. The molecular weight excluding hydrogens is 659 g/mol. The Hall–Kier alpha value is -1.29. The van der Waals surface area contributed by atoms with Crippen LogP contribution in [-0.4, -0.2) is 65.6 Å². The Morgan fingerprint density at radius 3 is 1.56 bits per heavy atom. The fourth-order valence-corrected chi connectivity index (χ4v) is 5.80. The molecule has 0 aliphatic rings. The van der Waals surface area contributed by atoms with Gasteiger partial charge in [-0.1, -0.05) is 148 Å². The summed E-state index contributed by atoms with van der Waals surface area (Å²) in [6, 6.07) is 0. The second kappa shape index (κ2) is 36.1. The summed E-state index contributed by atoms with van der Waals surface area (Å²) >= 11 is 0. The molecule has 0 aromatic heterocycles. The number of hydrogen-bond acceptors (Lipinski definition) is 9. The highest BCUT2D eigenvalue weighted by Gasteiger charge is 2.27. The van der Waals surface area contributed by atoms with Crippen molar-refractivity contribution in [3.8, 4) is 0 Å². The molecule has 0 bridgehead atoms. The van der Waals surface area contributed by atoms with E-state index >= 15 is 0 Å². The summed E-state index contributed by atoms with van der Waals surface area (Å²) in [6.07, 6.45) is 24.2. The average molecular weight is 740 g/mol. The van der Waals surface area contributed by atoms with Crippen molar-refractivity contribution >= 4 is 19.8 Å². The van der Waals surface area contributed by atoms with Crippen molar-refractivity contribution in [3.05, 3.63) is 12.2 Å². The Labute approximate surface area is 312 Å². The molecule has 2 unspecified atom stereocenters. The first-order valence-electron chi connectivity index (χ1n) is 22.1. The number of carbonyl (C=O) groups excluding carboxylic acids is 2.